The van der Waals surface area contributed by atoms with Gasteiger partial charge in [-0.3, -0.25) is 14.5 Å². The number of piperidine rings is 1. The van der Waals surface area contributed by atoms with Gasteiger partial charge in [0.25, 0.3) is 0 Å². The lowest BCUT2D eigenvalue weighted by molar-refractivity contribution is -0.129. The van der Waals surface area contributed by atoms with E-state index < -0.39 is 0 Å². The van der Waals surface area contributed by atoms with Crippen molar-refractivity contribution in [2.45, 2.75) is 40.2 Å². The summed E-state index contributed by atoms with van der Waals surface area (Å²) in [5.74, 6) is 0.207. The number of likely N-dealkylation sites (tertiary alicyclic amines) is 1. The first-order chi connectivity index (χ1) is 12.4. The minimum Gasteiger partial charge on any atom is -0.322 e. The topological polar surface area (TPSA) is 67.2 Å². The zero-order chi connectivity index (χ0) is 18.8. The van der Waals surface area contributed by atoms with Crippen LogP contribution in [0.3, 0.4) is 0 Å². The first kappa shape index (κ1) is 18.3. The maximum absolute atomic E-state index is 12.8. The zero-order valence-corrected chi connectivity index (χ0v) is 15.8. The summed E-state index contributed by atoms with van der Waals surface area (Å²) in [5, 5.41) is 7.61. The van der Waals surface area contributed by atoms with Gasteiger partial charge >= 0.3 is 0 Å². The molecular weight excluding hydrogens is 328 g/mol. The Morgan fingerprint density at radius 3 is 2.62 bits per heavy atom. The predicted molar refractivity (Wildman–Crippen MR) is 101 cm³/mol. The summed E-state index contributed by atoms with van der Waals surface area (Å²) < 4.78 is 1.84. The molecule has 1 aromatic carbocycles. The molecule has 1 aliphatic heterocycles. The van der Waals surface area contributed by atoms with Crippen molar-refractivity contribution in [3.8, 4) is 5.69 Å². The molecule has 2 atom stereocenters. The fourth-order valence-electron chi connectivity index (χ4n) is 3.43. The largest absolute Gasteiger partial charge is 0.322 e. The molecule has 1 N–H and O–H groups in total. The maximum atomic E-state index is 12.8. The molecule has 1 aliphatic rings. The molecule has 138 valence electrons. The van der Waals surface area contributed by atoms with Gasteiger partial charge in [0, 0.05) is 25.4 Å². The lowest BCUT2D eigenvalue weighted by Gasteiger charge is -2.33. The second kappa shape index (κ2) is 7.41. The second-order valence-corrected chi connectivity index (χ2v) is 7.07. The van der Waals surface area contributed by atoms with Gasteiger partial charge in [-0.25, -0.2) is 4.68 Å². The Labute approximate surface area is 154 Å². The van der Waals surface area contributed by atoms with Crippen molar-refractivity contribution < 1.29 is 9.59 Å². The van der Waals surface area contributed by atoms with E-state index in [1.807, 2.05) is 62.7 Å². The van der Waals surface area contributed by atoms with Crippen LogP contribution in [-0.2, 0) is 9.59 Å². The van der Waals surface area contributed by atoms with Crippen molar-refractivity contribution in [1.29, 1.82) is 0 Å². The molecule has 6 heteroatoms. The van der Waals surface area contributed by atoms with Crippen LogP contribution in [0.25, 0.3) is 5.69 Å². The number of amides is 1. The Kier molecular flexibility index (Phi) is 5.23. The van der Waals surface area contributed by atoms with Crippen molar-refractivity contribution in [1.82, 2.24) is 14.7 Å². The summed E-state index contributed by atoms with van der Waals surface area (Å²) in [6, 6.07) is 9.57. The highest BCUT2D eigenvalue weighted by molar-refractivity contribution is 5.95. The molecule has 1 amide bonds. The highest BCUT2D eigenvalue weighted by Gasteiger charge is 2.30. The second-order valence-electron chi connectivity index (χ2n) is 7.07. The summed E-state index contributed by atoms with van der Waals surface area (Å²) in [6.45, 7) is 8.94. The molecule has 1 saturated heterocycles. The summed E-state index contributed by atoms with van der Waals surface area (Å²) in [4.78, 5) is 26.6. The van der Waals surface area contributed by atoms with Crippen LogP contribution in [-0.4, -0.2) is 45.5 Å². The van der Waals surface area contributed by atoms with Crippen LogP contribution in [0.2, 0.25) is 0 Å². The summed E-state index contributed by atoms with van der Waals surface area (Å²) in [5.41, 5.74) is 3.40. The number of hydrogen-bond donors (Lipinski definition) is 1. The van der Waals surface area contributed by atoms with Crippen LogP contribution in [0.5, 0.6) is 0 Å². The first-order valence-corrected chi connectivity index (χ1v) is 9.07. The smallest absolute Gasteiger partial charge is 0.241 e. The number of aryl methyl sites for hydroxylation is 1. The Hall–Kier alpha value is -2.47. The molecule has 2 aromatic rings. The highest BCUT2D eigenvalue weighted by Crippen LogP contribution is 2.24. The lowest BCUT2D eigenvalue weighted by Crippen LogP contribution is -2.49. The van der Waals surface area contributed by atoms with Gasteiger partial charge in [-0.05, 0) is 32.9 Å². The standard InChI is InChI=1S/C20H26N4O2/c1-13-12-23(11-10-18(13)25)16(4)20(26)21-19-14(2)22-24(15(19)3)17-8-6-5-7-9-17/h5-9,13,16H,10-12H2,1-4H3,(H,21,26). The number of Topliss-reactive ketones (excluding diaryl/α,β-unsaturated/α-hetero) is 1. The molecule has 2 unspecified atom stereocenters. The number of nitrogens with zero attached hydrogens (tertiary/aromatic N) is 3. The Morgan fingerprint density at radius 2 is 1.96 bits per heavy atom. The van der Waals surface area contributed by atoms with Gasteiger partial charge in [-0.1, -0.05) is 25.1 Å². The molecule has 1 fully saturated rings. The van der Waals surface area contributed by atoms with Crippen LogP contribution in [0.4, 0.5) is 5.69 Å². The van der Waals surface area contributed by atoms with Crippen molar-refractivity contribution in [2.75, 3.05) is 18.4 Å². The fraction of sp³-hybridized carbons (Fsp3) is 0.450. The molecule has 3 rings (SSSR count). The van der Waals surface area contributed by atoms with Gasteiger partial charge < -0.3 is 5.32 Å². The zero-order valence-electron chi connectivity index (χ0n) is 15.8. The quantitative estimate of drug-likeness (QED) is 0.917. The van der Waals surface area contributed by atoms with Crippen LogP contribution in [0.1, 0.15) is 31.7 Å². The number of rotatable bonds is 4. The number of para-hydroxylation sites is 1. The Morgan fingerprint density at radius 1 is 1.27 bits per heavy atom. The maximum Gasteiger partial charge on any atom is 0.241 e. The number of anilines is 1. The van der Waals surface area contributed by atoms with E-state index >= 15 is 0 Å². The third-order valence-corrected chi connectivity index (χ3v) is 5.17. The fourth-order valence-corrected chi connectivity index (χ4v) is 3.43. The number of benzene rings is 1. The molecule has 0 spiro atoms. The molecule has 2 heterocycles. The average molecular weight is 354 g/mol. The van der Waals surface area contributed by atoms with Gasteiger partial charge in [0.2, 0.25) is 5.91 Å². The van der Waals surface area contributed by atoms with E-state index in [1.54, 1.807) is 0 Å². The van der Waals surface area contributed by atoms with E-state index in [9.17, 15) is 9.59 Å². The lowest BCUT2D eigenvalue weighted by atomic mass is 9.97. The molecule has 26 heavy (non-hydrogen) atoms. The molecular formula is C20H26N4O2. The van der Waals surface area contributed by atoms with Crippen molar-refractivity contribution in [2.24, 2.45) is 5.92 Å². The van der Waals surface area contributed by atoms with Crippen molar-refractivity contribution in [3.05, 3.63) is 41.7 Å². The molecule has 6 nitrogen and oxygen atoms in total. The van der Waals surface area contributed by atoms with Gasteiger partial charge in [0.15, 0.2) is 0 Å². The number of carbonyl (C=O) groups is 2. The van der Waals surface area contributed by atoms with Crippen LogP contribution in [0.15, 0.2) is 30.3 Å². The Balaban J connectivity index is 1.75. The molecule has 0 saturated carbocycles. The summed E-state index contributed by atoms with van der Waals surface area (Å²) >= 11 is 0. The van der Waals surface area contributed by atoms with E-state index in [1.165, 1.54) is 0 Å². The van der Waals surface area contributed by atoms with Crippen LogP contribution >= 0.6 is 0 Å². The number of carbonyl (C=O) groups excluding carboxylic acids is 2. The molecule has 1 aromatic heterocycles. The number of aromatic nitrogens is 2. The summed E-state index contributed by atoms with van der Waals surface area (Å²) in [7, 11) is 0. The van der Waals surface area contributed by atoms with E-state index in [2.05, 4.69) is 15.3 Å². The monoisotopic (exact) mass is 354 g/mol. The normalized spacial score (nSPS) is 19.4. The van der Waals surface area contributed by atoms with Crippen LogP contribution < -0.4 is 5.32 Å². The van der Waals surface area contributed by atoms with E-state index in [0.29, 0.717) is 19.5 Å². The predicted octanol–water partition coefficient (Wildman–Crippen LogP) is 2.73. The van der Waals surface area contributed by atoms with Gasteiger partial charge in [0.05, 0.1) is 28.8 Å². The van der Waals surface area contributed by atoms with Gasteiger partial charge in [0.1, 0.15) is 5.78 Å². The number of ketones is 1. The molecule has 0 aliphatic carbocycles. The van der Waals surface area contributed by atoms with Crippen molar-refractivity contribution in [3.63, 3.8) is 0 Å². The minimum absolute atomic E-state index is 0.0108. The van der Waals surface area contributed by atoms with Gasteiger partial charge in [-0.2, -0.15) is 5.10 Å². The van der Waals surface area contributed by atoms with Crippen molar-refractivity contribution >= 4 is 17.4 Å². The number of nitrogens with one attached hydrogen (secondary N) is 1. The summed E-state index contributed by atoms with van der Waals surface area (Å²) in [6.07, 6.45) is 0.517. The number of hydrogen-bond acceptors (Lipinski definition) is 4. The average Bonchev–Trinajstić information content (AvgIpc) is 2.92. The van der Waals surface area contributed by atoms with E-state index in [0.717, 1.165) is 22.8 Å². The first-order valence-electron chi connectivity index (χ1n) is 9.07. The third kappa shape index (κ3) is 3.55. The van der Waals surface area contributed by atoms with E-state index in [-0.39, 0.29) is 23.7 Å². The van der Waals surface area contributed by atoms with E-state index in [4.69, 9.17) is 0 Å². The molecule has 0 radical (unpaired) electrons. The SMILES string of the molecule is Cc1nn(-c2ccccc2)c(C)c1NC(=O)C(C)N1CCC(=O)C(C)C1. The third-order valence-electron chi connectivity index (χ3n) is 5.17. The molecule has 0 bridgehead atoms. The highest BCUT2D eigenvalue weighted by atomic mass is 16.2. The van der Waals surface area contributed by atoms with Gasteiger partial charge in [-0.15, -0.1) is 0 Å². The minimum atomic E-state index is -0.288. The van der Waals surface area contributed by atoms with Crippen LogP contribution in [0, 0.1) is 19.8 Å². The Bertz CT molecular complexity index is 813.